The Labute approximate surface area is 182 Å². The Morgan fingerprint density at radius 2 is 1.97 bits per heavy atom. The van der Waals surface area contributed by atoms with E-state index in [9.17, 15) is 18.0 Å². The third-order valence-electron chi connectivity index (χ3n) is 5.31. The van der Waals surface area contributed by atoms with E-state index >= 15 is 0 Å². The summed E-state index contributed by atoms with van der Waals surface area (Å²) in [6.45, 7) is 0.714. The summed E-state index contributed by atoms with van der Waals surface area (Å²) in [4.78, 5) is 28.3. The van der Waals surface area contributed by atoms with Crippen molar-refractivity contribution in [3.05, 3.63) is 24.0 Å². The number of hydrogen-bond acceptors (Lipinski definition) is 8. The Bertz CT molecular complexity index is 995. The summed E-state index contributed by atoms with van der Waals surface area (Å²) in [7, 11) is 3.54. The molecule has 3 heterocycles. The lowest BCUT2D eigenvalue weighted by atomic mass is 9.89. The number of aryl methyl sites for hydroxylation is 1. The van der Waals surface area contributed by atoms with Gasteiger partial charge in [0.1, 0.15) is 17.5 Å². The maximum atomic E-state index is 12.2. The molecule has 172 valence electrons. The average Bonchev–Trinajstić information content (AvgIpc) is 2.69. The first kappa shape index (κ1) is 21.9. The van der Waals surface area contributed by atoms with Crippen molar-refractivity contribution in [1.82, 2.24) is 15.0 Å². The zero-order valence-electron chi connectivity index (χ0n) is 17.8. The van der Waals surface area contributed by atoms with Gasteiger partial charge in [0.05, 0.1) is 18.4 Å². The van der Waals surface area contributed by atoms with Crippen LogP contribution in [0.25, 0.3) is 0 Å². The number of fused-ring (bicyclic) bond motifs is 1. The lowest BCUT2D eigenvalue weighted by molar-refractivity contribution is -0.154. The summed E-state index contributed by atoms with van der Waals surface area (Å²) in [5, 5.41) is 3.30. The highest BCUT2D eigenvalue weighted by molar-refractivity contribution is 6.02. The Hall–Kier alpha value is -3.31. The van der Waals surface area contributed by atoms with Crippen LogP contribution < -0.4 is 24.6 Å². The highest BCUT2D eigenvalue weighted by Crippen LogP contribution is 2.34. The van der Waals surface area contributed by atoms with Crippen molar-refractivity contribution < 1.29 is 27.4 Å². The number of nitrogens with zero attached hydrogens (tertiary/aromatic N) is 5. The normalized spacial score (nSPS) is 20.5. The molecule has 4 rings (SSSR count). The Kier molecular flexibility index (Phi) is 5.70. The van der Waals surface area contributed by atoms with Crippen LogP contribution in [-0.4, -0.2) is 66.4 Å². The zero-order valence-corrected chi connectivity index (χ0v) is 17.8. The molecule has 1 saturated carbocycles. The number of hydrogen-bond donors (Lipinski definition) is 1. The van der Waals surface area contributed by atoms with Crippen molar-refractivity contribution in [2.75, 3.05) is 42.4 Å². The van der Waals surface area contributed by atoms with Gasteiger partial charge in [-0.25, -0.2) is 9.97 Å². The molecule has 0 spiro atoms. The first-order chi connectivity index (χ1) is 15.1. The van der Waals surface area contributed by atoms with Crippen LogP contribution in [-0.2, 0) is 4.79 Å². The molecule has 0 aromatic carbocycles. The summed E-state index contributed by atoms with van der Waals surface area (Å²) >= 11 is 0. The van der Waals surface area contributed by atoms with Crippen molar-refractivity contribution in [1.29, 1.82) is 0 Å². The average molecular weight is 452 g/mol. The van der Waals surface area contributed by atoms with Crippen molar-refractivity contribution in [2.24, 2.45) is 0 Å². The molecule has 0 radical (unpaired) electrons. The molecule has 1 fully saturated rings. The van der Waals surface area contributed by atoms with Gasteiger partial charge in [0.25, 0.3) is 0 Å². The molecular formula is C20H23F3N6O3. The van der Waals surface area contributed by atoms with Gasteiger partial charge in [0.15, 0.2) is 12.4 Å². The quantitative estimate of drug-likeness (QED) is 0.715. The second-order valence-electron chi connectivity index (χ2n) is 7.90. The lowest BCUT2D eigenvalue weighted by Gasteiger charge is -2.37. The van der Waals surface area contributed by atoms with Gasteiger partial charge in [0.2, 0.25) is 17.7 Å². The van der Waals surface area contributed by atoms with Crippen LogP contribution in [0.3, 0.4) is 0 Å². The van der Waals surface area contributed by atoms with Gasteiger partial charge in [-0.1, -0.05) is 0 Å². The molecule has 2 aliphatic rings. The first-order valence-corrected chi connectivity index (χ1v) is 10.0. The van der Waals surface area contributed by atoms with Crippen molar-refractivity contribution >= 4 is 23.4 Å². The number of carbonyl (C=O) groups excluding carboxylic acids is 1. The number of amides is 1. The fourth-order valence-corrected chi connectivity index (χ4v) is 3.62. The fraction of sp³-hybridized carbons (Fsp3) is 0.500. The van der Waals surface area contributed by atoms with Crippen LogP contribution in [0.15, 0.2) is 18.3 Å². The number of aromatic nitrogens is 3. The Morgan fingerprint density at radius 1 is 1.22 bits per heavy atom. The van der Waals surface area contributed by atoms with Crippen LogP contribution in [0, 0.1) is 6.92 Å². The summed E-state index contributed by atoms with van der Waals surface area (Å²) < 4.78 is 46.9. The van der Waals surface area contributed by atoms with Crippen LogP contribution in [0.2, 0.25) is 0 Å². The van der Waals surface area contributed by atoms with Gasteiger partial charge < -0.3 is 24.6 Å². The number of carbonyl (C=O) groups is 1. The number of halogens is 3. The van der Waals surface area contributed by atoms with Crippen LogP contribution in [0.5, 0.6) is 11.6 Å². The van der Waals surface area contributed by atoms with E-state index in [4.69, 9.17) is 4.74 Å². The molecule has 0 saturated heterocycles. The van der Waals surface area contributed by atoms with Gasteiger partial charge in [0, 0.05) is 39.0 Å². The number of nitrogens with one attached hydrogen (secondary N) is 1. The monoisotopic (exact) mass is 452 g/mol. The third kappa shape index (κ3) is 4.78. The number of ether oxygens (including phenoxy) is 2. The molecule has 2 aromatic rings. The van der Waals surface area contributed by atoms with Crippen molar-refractivity contribution in [2.45, 2.75) is 38.1 Å². The topological polar surface area (TPSA) is 92.7 Å². The highest BCUT2D eigenvalue weighted by atomic mass is 19.4. The summed E-state index contributed by atoms with van der Waals surface area (Å²) in [5.41, 5.74) is 1.42. The molecule has 12 heteroatoms. The minimum Gasteiger partial charge on any atom is -0.489 e. The van der Waals surface area contributed by atoms with E-state index in [1.807, 2.05) is 14.0 Å². The lowest BCUT2D eigenvalue weighted by Crippen LogP contribution is -2.44. The standard InChI is InChI=1S/C20H23F3N6O3/c1-11-17-18(28(2)9-16(30)29(17)3)27-19(25-11)26-12-6-14(7-12)32-13-4-5-15(24-8-13)31-10-20(21,22)23/h4-5,8,12,14H,6-7,9-10H2,1-3H3,(H,25,26,27). The van der Waals surface area contributed by atoms with Gasteiger partial charge in [-0.15, -0.1) is 0 Å². The third-order valence-corrected chi connectivity index (χ3v) is 5.31. The molecule has 1 aliphatic carbocycles. The van der Waals surface area contributed by atoms with Gasteiger partial charge in [-0.3, -0.25) is 4.79 Å². The molecule has 1 aliphatic heterocycles. The van der Waals surface area contributed by atoms with Crippen molar-refractivity contribution in [3.63, 3.8) is 0 Å². The minimum atomic E-state index is -4.41. The number of rotatable bonds is 6. The van der Waals surface area contributed by atoms with E-state index in [2.05, 4.69) is 25.0 Å². The number of likely N-dealkylation sites (N-methyl/N-ethyl adjacent to an activating group) is 2. The number of pyridine rings is 1. The van der Waals surface area contributed by atoms with Gasteiger partial charge in [-0.2, -0.15) is 18.2 Å². The predicted molar refractivity (Wildman–Crippen MR) is 110 cm³/mol. The van der Waals surface area contributed by atoms with E-state index in [0.29, 0.717) is 41.7 Å². The molecule has 0 bridgehead atoms. The van der Waals surface area contributed by atoms with E-state index < -0.39 is 12.8 Å². The fourth-order valence-electron chi connectivity index (χ4n) is 3.62. The Morgan fingerprint density at radius 3 is 2.62 bits per heavy atom. The molecule has 1 amide bonds. The maximum absolute atomic E-state index is 12.2. The summed E-state index contributed by atoms with van der Waals surface area (Å²) in [5.74, 6) is 1.53. The highest BCUT2D eigenvalue weighted by Gasteiger charge is 2.33. The minimum absolute atomic E-state index is 0.0131. The number of anilines is 3. The van der Waals surface area contributed by atoms with Gasteiger partial charge in [-0.05, 0) is 13.0 Å². The molecule has 2 aromatic heterocycles. The van der Waals surface area contributed by atoms with E-state index in [1.54, 1.807) is 16.8 Å². The van der Waals surface area contributed by atoms with Crippen LogP contribution in [0.1, 0.15) is 18.5 Å². The molecule has 9 nitrogen and oxygen atoms in total. The molecular weight excluding hydrogens is 429 g/mol. The maximum Gasteiger partial charge on any atom is 0.422 e. The molecule has 0 atom stereocenters. The molecule has 32 heavy (non-hydrogen) atoms. The second-order valence-corrected chi connectivity index (χ2v) is 7.90. The van der Waals surface area contributed by atoms with E-state index in [0.717, 1.165) is 0 Å². The van der Waals surface area contributed by atoms with Crippen LogP contribution in [0.4, 0.5) is 30.6 Å². The van der Waals surface area contributed by atoms with Crippen molar-refractivity contribution in [3.8, 4) is 11.6 Å². The summed E-state index contributed by atoms with van der Waals surface area (Å²) in [6, 6.07) is 2.99. The SMILES string of the molecule is Cc1nc(NC2CC(Oc3ccc(OCC(F)(F)F)nc3)C2)nc2c1N(C)C(=O)CN2C. The van der Waals surface area contributed by atoms with Crippen LogP contribution >= 0.6 is 0 Å². The summed E-state index contributed by atoms with van der Waals surface area (Å²) in [6.07, 6.45) is -1.70. The smallest absolute Gasteiger partial charge is 0.422 e. The first-order valence-electron chi connectivity index (χ1n) is 10.0. The van der Waals surface area contributed by atoms with E-state index in [1.165, 1.54) is 18.3 Å². The molecule has 0 unspecified atom stereocenters. The van der Waals surface area contributed by atoms with Gasteiger partial charge >= 0.3 is 6.18 Å². The predicted octanol–water partition coefficient (Wildman–Crippen LogP) is 2.56. The molecule has 1 N–H and O–H groups in total. The van der Waals surface area contributed by atoms with E-state index in [-0.39, 0.29) is 30.5 Å². The number of alkyl halides is 3. The second kappa shape index (κ2) is 8.32. The largest absolute Gasteiger partial charge is 0.489 e. The zero-order chi connectivity index (χ0) is 23.0. The Balaban J connectivity index is 1.30.